The number of hydrogen-bond acceptors (Lipinski definition) is 4. The fourth-order valence-electron chi connectivity index (χ4n) is 2.43. The fourth-order valence-corrected chi connectivity index (χ4v) is 2.43. The van der Waals surface area contributed by atoms with Crippen molar-refractivity contribution in [2.45, 2.75) is 13.0 Å². The third-order valence-corrected chi connectivity index (χ3v) is 3.76. The number of fused-ring (bicyclic) bond motifs is 1. The fraction of sp³-hybridized carbons (Fsp3) is 0.158. The Morgan fingerprint density at radius 2 is 2.00 bits per heavy atom. The molecule has 6 heteroatoms. The highest BCUT2D eigenvalue weighted by molar-refractivity contribution is 6.14. The lowest BCUT2D eigenvalue weighted by Crippen LogP contribution is -2.22. The van der Waals surface area contributed by atoms with E-state index in [1.807, 2.05) is 0 Å². The van der Waals surface area contributed by atoms with Crippen LogP contribution >= 0.6 is 0 Å². The summed E-state index contributed by atoms with van der Waals surface area (Å²) in [7, 11) is 0. The molecule has 0 saturated heterocycles. The van der Waals surface area contributed by atoms with Crippen molar-refractivity contribution in [3.8, 4) is 11.5 Å². The van der Waals surface area contributed by atoms with Crippen LogP contribution in [0.3, 0.4) is 0 Å². The summed E-state index contributed by atoms with van der Waals surface area (Å²) in [4.78, 5) is 23.2. The van der Waals surface area contributed by atoms with Gasteiger partial charge >= 0.3 is 5.97 Å². The number of rotatable bonds is 4. The van der Waals surface area contributed by atoms with Gasteiger partial charge in [0.1, 0.15) is 12.4 Å². The molecule has 25 heavy (non-hydrogen) atoms. The molecule has 5 nitrogen and oxygen atoms in total. The van der Waals surface area contributed by atoms with Gasteiger partial charge in [-0.3, -0.25) is 4.79 Å². The number of carbonyl (C=O) groups excluding carboxylic acids is 1. The molecule has 1 heterocycles. The lowest BCUT2D eigenvalue weighted by Gasteiger charge is -2.19. The molecule has 0 bridgehead atoms. The van der Waals surface area contributed by atoms with Gasteiger partial charge < -0.3 is 14.6 Å². The van der Waals surface area contributed by atoms with Gasteiger partial charge in [0.2, 0.25) is 0 Å². The number of carboxylic acid groups (broad SMARTS) is 1. The van der Waals surface area contributed by atoms with E-state index in [0.717, 1.165) is 5.56 Å². The quantitative estimate of drug-likeness (QED) is 0.863. The molecular formula is C19H15FO5. The molecule has 0 aliphatic carbocycles. The second kappa shape index (κ2) is 6.76. The van der Waals surface area contributed by atoms with Crippen LogP contribution in [0.15, 0.2) is 48.0 Å². The zero-order chi connectivity index (χ0) is 18.0. The number of para-hydroxylation sites is 1. The Kier molecular flexibility index (Phi) is 4.52. The van der Waals surface area contributed by atoms with E-state index in [9.17, 15) is 14.0 Å². The molecule has 0 amide bonds. The lowest BCUT2D eigenvalue weighted by molar-refractivity contribution is -0.144. The van der Waals surface area contributed by atoms with E-state index in [-0.39, 0.29) is 23.7 Å². The summed E-state index contributed by atoms with van der Waals surface area (Å²) in [6, 6.07) is 10.9. The number of Topliss-reactive ketones (excluding diaryl/α,β-unsaturated/α-hetero) is 1. The Balaban J connectivity index is 1.80. The van der Waals surface area contributed by atoms with Gasteiger partial charge in [0.05, 0.1) is 5.56 Å². The normalized spacial score (nSPS) is 16.1. The summed E-state index contributed by atoms with van der Waals surface area (Å²) in [5.74, 6) is -1.49. The van der Waals surface area contributed by atoms with Crippen molar-refractivity contribution >= 4 is 17.8 Å². The largest absolute Gasteiger partial charge is 0.485 e. The summed E-state index contributed by atoms with van der Waals surface area (Å²) in [6.45, 7) is 1.42. The first-order valence-electron chi connectivity index (χ1n) is 7.62. The molecule has 1 unspecified atom stereocenters. The highest BCUT2D eigenvalue weighted by atomic mass is 19.1. The van der Waals surface area contributed by atoms with E-state index >= 15 is 0 Å². The van der Waals surface area contributed by atoms with Gasteiger partial charge in [-0.2, -0.15) is 0 Å². The number of carbonyl (C=O) groups is 2. The lowest BCUT2D eigenvalue weighted by atomic mass is 9.98. The minimum Gasteiger partial charge on any atom is -0.485 e. The molecule has 1 aliphatic heterocycles. The van der Waals surface area contributed by atoms with Crippen molar-refractivity contribution in [1.82, 2.24) is 0 Å². The average Bonchev–Trinajstić information content (AvgIpc) is 2.59. The van der Waals surface area contributed by atoms with Crippen LogP contribution in [-0.4, -0.2) is 29.6 Å². The second-order valence-electron chi connectivity index (χ2n) is 5.57. The van der Waals surface area contributed by atoms with Gasteiger partial charge in [0.25, 0.3) is 0 Å². The van der Waals surface area contributed by atoms with Crippen molar-refractivity contribution in [1.29, 1.82) is 0 Å². The van der Waals surface area contributed by atoms with Crippen molar-refractivity contribution in [3.63, 3.8) is 0 Å². The van der Waals surface area contributed by atoms with Crippen molar-refractivity contribution in [2.24, 2.45) is 0 Å². The smallest absolute Gasteiger partial charge is 0.344 e. The van der Waals surface area contributed by atoms with Crippen LogP contribution in [0.2, 0.25) is 0 Å². The van der Waals surface area contributed by atoms with Gasteiger partial charge in [-0.25, -0.2) is 9.18 Å². The maximum Gasteiger partial charge on any atom is 0.344 e. The SMILES string of the molecule is CC(Oc1ccc(/C=C2/COc3c(F)cccc3C2=O)cc1)C(=O)O. The first kappa shape index (κ1) is 16.7. The van der Waals surface area contributed by atoms with Gasteiger partial charge in [-0.1, -0.05) is 18.2 Å². The molecule has 1 aliphatic rings. The molecule has 3 rings (SSSR count). The molecule has 2 aromatic carbocycles. The average molecular weight is 342 g/mol. The third-order valence-electron chi connectivity index (χ3n) is 3.76. The number of halogens is 1. The molecule has 128 valence electrons. The summed E-state index contributed by atoms with van der Waals surface area (Å²) >= 11 is 0. The summed E-state index contributed by atoms with van der Waals surface area (Å²) in [5, 5.41) is 8.83. The highest BCUT2D eigenvalue weighted by Gasteiger charge is 2.25. The van der Waals surface area contributed by atoms with Gasteiger partial charge in [0.15, 0.2) is 23.5 Å². The van der Waals surface area contributed by atoms with Crippen LogP contribution in [0.25, 0.3) is 6.08 Å². The van der Waals surface area contributed by atoms with Crippen molar-refractivity contribution < 1.29 is 28.6 Å². The summed E-state index contributed by atoms with van der Waals surface area (Å²) < 4.78 is 24.3. The first-order chi connectivity index (χ1) is 12.0. The van der Waals surface area contributed by atoms with E-state index in [0.29, 0.717) is 11.3 Å². The highest BCUT2D eigenvalue weighted by Crippen LogP contribution is 2.30. The van der Waals surface area contributed by atoms with Gasteiger partial charge in [-0.05, 0) is 42.8 Å². The van der Waals surface area contributed by atoms with Crippen LogP contribution in [0, 0.1) is 5.82 Å². The van der Waals surface area contributed by atoms with E-state index in [1.165, 1.54) is 25.1 Å². The molecule has 0 fully saturated rings. The summed E-state index contributed by atoms with van der Waals surface area (Å²) in [6.07, 6.45) is 0.699. The summed E-state index contributed by atoms with van der Waals surface area (Å²) in [5.41, 5.74) is 1.33. The minimum atomic E-state index is -1.05. The number of aliphatic carboxylic acids is 1. The van der Waals surface area contributed by atoms with Crippen molar-refractivity contribution in [2.75, 3.05) is 6.61 Å². The van der Waals surface area contributed by atoms with E-state index < -0.39 is 17.9 Å². The molecule has 0 spiro atoms. The Labute approximate surface area is 143 Å². The first-order valence-corrected chi connectivity index (χ1v) is 7.62. The Morgan fingerprint density at radius 1 is 1.28 bits per heavy atom. The Morgan fingerprint density at radius 3 is 2.68 bits per heavy atom. The molecule has 0 saturated carbocycles. The number of ketones is 1. The number of hydrogen-bond donors (Lipinski definition) is 1. The Hall–Kier alpha value is -3.15. The monoisotopic (exact) mass is 342 g/mol. The zero-order valence-corrected chi connectivity index (χ0v) is 13.4. The zero-order valence-electron chi connectivity index (χ0n) is 13.4. The second-order valence-corrected chi connectivity index (χ2v) is 5.57. The Bertz CT molecular complexity index is 855. The van der Waals surface area contributed by atoms with Gasteiger partial charge in [-0.15, -0.1) is 0 Å². The topological polar surface area (TPSA) is 72.8 Å². The molecule has 1 N–H and O–H groups in total. The maximum absolute atomic E-state index is 13.7. The van der Waals surface area contributed by atoms with Crippen LogP contribution in [-0.2, 0) is 4.79 Å². The van der Waals surface area contributed by atoms with Crippen LogP contribution < -0.4 is 9.47 Å². The van der Waals surface area contributed by atoms with Crippen LogP contribution in [0.4, 0.5) is 4.39 Å². The minimum absolute atomic E-state index is 0.0128. The molecular weight excluding hydrogens is 327 g/mol. The predicted octanol–water partition coefficient (Wildman–Crippen LogP) is 3.34. The van der Waals surface area contributed by atoms with E-state index in [2.05, 4.69) is 0 Å². The molecule has 0 aromatic heterocycles. The molecule has 0 radical (unpaired) electrons. The predicted molar refractivity (Wildman–Crippen MR) is 88.4 cm³/mol. The van der Waals surface area contributed by atoms with Crippen molar-refractivity contribution in [3.05, 3.63) is 65.0 Å². The van der Waals surface area contributed by atoms with Gasteiger partial charge in [0, 0.05) is 5.57 Å². The molecule has 2 aromatic rings. The van der Waals surface area contributed by atoms with E-state index in [4.69, 9.17) is 14.6 Å². The number of ether oxygens (including phenoxy) is 2. The van der Waals surface area contributed by atoms with E-state index in [1.54, 1.807) is 30.3 Å². The van der Waals surface area contributed by atoms with Crippen LogP contribution in [0.1, 0.15) is 22.8 Å². The molecule has 1 atom stereocenters. The standard InChI is InChI=1S/C19H15FO5/c1-11(19(22)23)25-14-7-5-12(6-8-14)9-13-10-24-18-15(17(13)21)3-2-4-16(18)20/h2-9,11H,10H2,1H3,(H,22,23)/b13-9-. The number of carboxylic acids is 1. The van der Waals surface area contributed by atoms with Crippen LogP contribution in [0.5, 0.6) is 11.5 Å². The maximum atomic E-state index is 13.7. The number of benzene rings is 2. The third kappa shape index (κ3) is 3.52.